The molecule has 5 heteroatoms. The molecule has 0 aliphatic carbocycles. The first-order valence-corrected chi connectivity index (χ1v) is 12.7. The van der Waals surface area contributed by atoms with Crippen molar-refractivity contribution in [2.45, 2.75) is 58.8 Å². The highest BCUT2D eigenvalue weighted by molar-refractivity contribution is 5.96. The van der Waals surface area contributed by atoms with Crippen molar-refractivity contribution >= 4 is 16.6 Å². The minimum Gasteiger partial charge on any atom is -0.491 e. The van der Waals surface area contributed by atoms with Gasteiger partial charge in [0.25, 0.3) is 0 Å². The number of benzene rings is 3. The Kier molecular flexibility index (Phi) is 6.76. The molecule has 5 rings (SSSR count). The number of hydrogen-bond donors (Lipinski definition) is 2. The monoisotopic (exact) mass is 486 g/mol. The van der Waals surface area contributed by atoms with Crippen LogP contribution in [0.15, 0.2) is 60.8 Å². The van der Waals surface area contributed by atoms with Gasteiger partial charge >= 0.3 is 0 Å². The third-order valence-corrected chi connectivity index (χ3v) is 7.08. The van der Waals surface area contributed by atoms with E-state index in [4.69, 9.17) is 9.47 Å². The molecule has 1 atom stereocenters. The fraction of sp³-hybridized carbons (Fsp3) is 0.355. The van der Waals surface area contributed by atoms with E-state index in [1.54, 1.807) is 0 Å². The number of fused-ring (bicyclic) bond motifs is 2. The Labute approximate surface area is 212 Å². The standard InChI is InChI=1S/C31H35FN2O2/c1-20-15-26(25-10-6-8-23-11-13-33-30(23)25)27(28-21(2)17-31(3,4)34-29(20)28)19-35-18-22-7-5-9-24(16-22)36-14-12-32/h5-11,13,15-16,21,33-34H,12,14,17-19H2,1-4H3. The molecule has 1 unspecified atom stereocenters. The molecular formula is C31H35FN2O2. The highest BCUT2D eigenvalue weighted by atomic mass is 19.1. The third kappa shape index (κ3) is 4.85. The highest BCUT2D eigenvalue weighted by Gasteiger charge is 2.33. The summed E-state index contributed by atoms with van der Waals surface area (Å²) in [5.74, 6) is 1.06. The summed E-state index contributed by atoms with van der Waals surface area (Å²) in [7, 11) is 0. The van der Waals surface area contributed by atoms with Crippen LogP contribution in [0.2, 0.25) is 0 Å². The molecule has 3 aromatic carbocycles. The van der Waals surface area contributed by atoms with Crippen molar-refractivity contribution in [1.29, 1.82) is 0 Å². The van der Waals surface area contributed by atoms with Gasteiger partial charge in [0.15, 0.2) is 0 Å². The van der Waals surface area contributed by atoms with E-state index < -0.39 is 6.67 Å². The highest BCUT2D eigenvalue weighted by Crippen LogP contribution is 2.46. The van der Waals surface area contributed by atoms with Gasteiger partial charge in [0.05, 0.1) is 18.7 Å². The van der Waals surface area contributed by atoms with Gasteiger partial charge in [-0.25, -0.2) is 4.39 Å². The SMILES string of the molecule is Cc1cc(-c2cccc3cc[nH]c23)c(COCc2cccc(OCCF)c2)c2c1NC(C)(C)CC2C. The molecule has 0 bridgehead atoms. The predicted molar refractivity (Wildman–Crippen MR) is 146 cm³/mol. The Balaban J connectivity index is 1.53. The summed E-state index contributed by atoms with van der Waals surface area (Å²) in [6, 6.07) is 18.6. The maximum Gasteiger partial charge on any atom is 0.123 e. The molecule has 188 valence electrons. The fourth-order valence-corrected chi connectivity index (χ4v) is 5.71. The largest absolute Gasteiger partial charge is 0.491 e. The van der Waals surface area contributed by atoms with Crippen LogP contribution in [0.3, 0.4) is 0 Å². The van der Waals surface area contributed by atoms with E-state index >= 15 is 0 Å². The molecule has 1 aliphatic rings. The first-order valence-electron chi connectivity index (χ1n) is 12.7. The van der Waals surface area contributed by atoms with Gasteiger partial charge in [-0.15, -0.1) is 0 Å². The van der Waals surface area contributed by atoms with E-state index in [0.717, 1.165) is 17.5 Å². The summed E-state index contributed by atoms with van der Waals surface area (Å²) >= 11 is 0. The topological polar surface area (TPSA) is 46.3 Å². The average molecular weight is 487 g/mol. The van der Waals surface area contributed by atoms with Crippen LogP contribution in [0, 0.1) is 6.92 Å². The van der Waals surface area contributed by atoms with Crippen LogP contribution in [-0.2, 0) is 18.0 Å². The van der Waals surface area contributed by atoms with Gasteiger partial charge in [-0.3, -0.25) is 0 Å². The number of para-hydroxylation sites is 1. The molecule has 36 heavy (non-hydrogen) atoms. The van der Waals surface area contributed by atoms with Crippen molar-refractivity contribution in [3.8, 4) is 16.9 Å². The van der Waals surface area contributed by atoms with Crippen LogP contribution < -0.4 is 10.1 Å². The number of aromatic nitrogens is 1. The molecule has 0 saturated carbocycles. The Morgan fingerprint density at radius 3 is 2.69 bits per heavy atom. The first-order chi connectivity index (χ1) is 17.4. The van der Waals surface area contributed by atoms with Gasteiger partial charge in [-0.05, 0) is 90.6 Å². The summed E-state index contributed by atoms with van der Waals surface area (Å²) in [5, 5.41) is 5.01. The number of halogens is 1. The second kappa shape index (κ2) is 9.98. The lowest BCUT2D eigenvalue weighted by Gasteiger charge is -2.40. The predicted octanol–water partition coefficient (Wildman–Crippen LogP) is 7.91. The Hall–Kier alpha value is -3.31. The third-order valence-electron chi connectivity index (χ3n) is 7.08. The van der Waals surface area contributed by atoms with Crippen LogP contribution in [0.1, 0.15) is 55.4 Å². The minimum absolute atomic E-state index is 0.0380. The number of hydrogen-bond acceptors (Lipinski definition) is 3. The van der Waals surface area contributed by atoms with Crippen LogP contribution in [0.5, 0.6) is 5.75 Å². The summed E-state index contributed by atoms with van der Waals surface area (Å²) in [4.78, 5) is 3.45. The van der Waals surface area contributed by atoms with Crippen molar-refractivity contribution in [3.63, 3.8) is 0 Å². The molecule has 0 fully saturated rings. The molecule has 0 saturated heterocycles. The smallest absolute Gasteiger partial charge is 0.123 e. The second-order valence-electron chi connectivity index (χ2n) is 10.5. The lowest BCUT2D eigenvalue weighted by molar-refractivity contribution is 0.106. The number of aromatic amines is 1. The van der Waals surface area contributed by atoms with Crippen LogP contribution >= 0.6 is 0 Å². The molecule has 2 heterocycles. The van der Waals surface area contributed by atoms with Crippen molar-refractivity contribution in [3.05, 3.63) is 83.0 Å². The van der Waals surface area contributed by atoms with E-state index in [1.807, 2.05) is 30.5 Å². The number of nitrogens with one attached hydrogen (secondary N) is 2. The lowest BCUT2D eigenvalue weighted by Crippen LogP contribution is -2.37. The zero-order valence-electron chi connectivity index (χ0n) is 21.6. The van der Waals surface area contributed by atoms with Gasteiger partial charge in [-0.2, -0.15) is 0 Å². The summed E-state index contributed by atoms with van der Waals surface area (Å²) in [6.45, 7) is 9.58. The van der Waals surface area contributed by atoms with Crippen LogP contribution in [0.25, 0.3) is 22.0 Å². The molecule has 1 aromatic heterocycles. The maximum atomic E-state index is 12.5. The molecular weight excluding hydrogens is 451 g/mol. The molecule has 2 N–H and O–H groups in total. The zero-order valence-corrected chi connectivity index (χ0v) is 21.6. The summed E-state index contributed by atoms with van der Waals surface area (Å²) in [6.07, 6.45) is 3.05. The summed E-state index contributed by atoms with van der Waals surface area (Å²) in [5.41, 5.74) is 9.68. The second-order valence-corrected chi connectivity index (χ2v) is 10.5. The normalized spacial score (nSPS) is 16.5. The van der Waals surface area contributed by atoms with E-state index in [1.165, 1.54) is 38.9 Å². The van der Waals surface area contributed by atoms with Crippen molar-refractivity contribution in [2.24, 2.45) is 0 Å². The molecule has 4 aromatic rings. The van der Waals surface area contributed by atoms with E-state index in [0.29, 0.717) is 24.9 Å². The van der Waals surface area contributed by atoms with E-state index in [2.05, 4.69) is 68.3 Å². The van der Waals surface area contributed by atoms with Gasteiger partial charge < -0.3 is 19.8 Å². The number of rotatable bonds is 8. The fourth-order valence-electron chi connectivity index (χ4n) is 5.71. The number of alkyl halides is 1. The first kappa shape index (κ1) is 24.4. The lowest BCUT2D eigenvalue weighted by atomic mass is 9.77. The molecule has 4 nitrogen and oxygen atoms in total. The number of H-pyrrole nitrogens is 1. The van der Waals surface area contributed by atoms with Gasteiger partial charge in [0.2, 0.25) is 0 Å². The minimum atomic E-state index is -0.501. The number of ether oxygens (including phenoxy) is 2. The molecule has 1 aliphatic heterocycles. The van der Waals surface area contributed by atoms with E-state index in [-0.39, 0.29) is 12.1 Å². The number of anilines is 1. The Bertz CT molecular complexity index is 1370. The van der Waals surface area contributed by atoms with Crippen LogP contribution in [-0.4, -0.2) is 23.8 Å². The van der Waals surface area contributed by atoms with Gasteiger partial charge in [-0.1, -0.05) is 37.3 Å². The van der Waals surface area contributed by atoms with Crippen molar-refractivity contribution in [1.82, 2.24) is 4.98 Å². The summed E-state index contributed by atoms with van der Waals surface area (Å²) < 4.78 is 24.3. The Morgan fingerprint density at radius 2 is 1.86 bits per heavy atom. The van der Waals surface area contributed by atoms with Crippen molar-refractivity contribution in [2.75, 3.05) is 18.6 Å². The number of aryl methyl sites for hydroxylation is 1. The quantitative estimate of drug-likeness (QED) is 0.266. The van der Waals surface area contributed by atoms with Gasteiger partial charge in [0.1, 0.15) is 19.0 Å². The Morgan fingerprint density at radius 1 is 1.03 bits per heavy atom. The van der Waals surface area contributed by atoms with Gasteiger partial charge in [0, 0.05) is 23.0 Å². The molecule has 0 amide bonds. The zero-order chi connectivity index (χ0) is 25.3. The van der Waals surface area contributed by atoms with Crippen LogP contribution in [0.4, 0.5) is 10.1 Å². The average Bonchev–Trinajstić information content (AvgIpc) is 3.33. The molecule has 0 radical (unpaired) electrons. The maximum absolute atomic E-state index is 12.5. The molecule has 0 spiro atoms. The van der Waals surface area contributed by atoms with E-state index in [9.17, 15) is 4.39 Å². The van der Waals surface area contributed by atoms with Crippen molar-refractivity contribution < 1.29 is 13.9 Å².